The third kappa shape index (κ3) is 5.23. The maximum absolute atomic E-state index is 13.6. The van der Waals surface area contributed by atoms with Crippen molar-refractivity contribution in [2.24, 2.45) is 11.8 Å². The highest BCUT2D eigenvalue weighted by atomic mass is 32.2. The maximum Gasteiger partial charge on any atom is 0.243 e. The van der Waals surface area contributed by atoms with Gasteiger partial charge in [0.05, 0.1) is 19.1 Å². The van der Waals surface area contributed by atoms with Crippen molar-refractivity contribution in [2.75, 3.05) is 27.3 Å². The van der Waals surface area contributed by atoms with E-state index in [0.29, 0.717) is 49.9 Å². The minimum Gasteiger partial charge on any atom is -0.493 e. The molecular weight excluding hydrogens is 452 g/mol. The minimum atomic E-state index is -3.68. The first-order valence-corrected chi connectivity index (χ1v) is 13.4. The maximum atomic E-state index is 13.6. The molecular formula is C26H34N2O5S. The molecule has 2 aliphatic rings. The number of carbonyl (C=O) groups excluding carboxylic acids is 1. The Morgan fingerprint density at radius 1 is 1.00 bits per heavy atom. The summed E-state index contributed by atoms with van der Waals surface area (Å²) in [5.74, 6) is 1.40. The van der Waals surface area contributed by atoms with Crippen molar-refractivity contribution in [3.05, 3.63) is 54.1 Å². The highest BCUT2D eigenvalue weighted by Crippen LogP contribution is 2.37. The molecule has 0 radical (unpaired) electrons. The Morgan fingerprint density at radius 2 is 1.65 bits per heavy atom. The van der Waals surface area contributed by atoms with Gasteiger partial charge in [-0.15, -0.1) is 0 Å². The molecule has 2 aromatic carbocycles. The monoisotopic (exact) mass is 486 g/mol. The van der Waals surface area contributed by atoms with Crippen LogP contribution in [-0.2, 0) is 21.4 Å². The number of nitrogens with zero attached hydrogens (tertiary/aromatic N) is 2. The van der Waals surface area contributed by atoms with Crippen LogP contribution in [0, 0.1) is 11.8 Å². The Kier molecular flexibility index (Phi) is 7.48. The molecule has 1 aliphatic heterocycles. The van der Waals surface area contributed by atoms with E-state index >= 15 is 0 Å². The summed E-state index contributed by atoms with van der Waals surface area (Å²) in [6, 6.07) is 14.9. The van der Waals surface area contributed by atoms with Crippen LogP contribution in [0.15, 0.2) is 53.4 Å². The molecule has 1 amide bonds. The van der Waals surface area contributed by atoms with Gasteiger partial charge in [0.2, 0.25) is 15.9 Å². The number of hydrogen-bond donors (Lipinski definition) is 0. The second-order valence-corrected chi connectivity index (χ2v) is 11.2. The van der Waals surface area contributed by atoms with Crippen molar-refractivity contribution < 1.29 is 22.7 Å². The molecule has 34 heavy (non-hydrogen) atoms. The molecule has 1 saturated heterocycles. The van der Waals surface area contributed by atoms with Gasteiger partial charge in [0.1, 0.15) is 0 Å². The van der Waals surface area contributed by atoms with Gasteiger partial charge in [0.25, 0.3) is 0 Å². The van der Waals surface area contributed by atoms with Gasteiger partial charge in [-0.2, -0.15) is 4.31 Å². The molecule has 2 aromatic rings. The highest BCUT2D eigenvalue weighted by molar-refractivity contribution is 7.89. The van der Waals surface area contributed by atoms with E-state index in [4.69, 9.17) is 9.47 Å². The Labute approximate surface area is 202 Å². The molecule has 2 fully saturated rings. The van der Waals surface area contributed by atoms with E-state index in [1.54, 1.807) is 6.07 Å². The second kappa shape index (κ2) is 10.4. The lowest BCUT2D eigenvalue weighted by molar-refractivity contribution is -0.140. The zero-order chi connectivity index (χ0) is 24.3. The minimum absolute atomic E-state index is 0.145. The fourth-order valence-electron chi connectivity index (χ4n) is 4.74. The number of ether oxygens (including phenoxy) is 2. The van der Waals surface area contributed by atoms with Crippen molar-refractivity contribution in [1.82, 2.24) is 9.21 Å². The summed E-state index contributed by atoms with van der Waals surface area (Å²) in [6.07, 6.45) is 3.38. The van der Waals surface area contributed by atoms with Crippen LogP contribution in [-0.4, -0.2) is 56.9 Å². The van der Waals surface area contributed by atoms with E-state index in [2.05, 4.69) is 19.1 Å². The van der Waals surface area contributed by atoms with Crippen LogP contribution in [0.3, 0.4) is 0 Å². The van der Waals surface area contributed by atoms with Crippen LogP contribution >= 0.6 is 0 Å². The van der Waals surface area contributed by atoms with Crippen molar-refractivity contribution in [3.63, 3.8) is 0 Å². The zero-order valence-electron chi connectivity index (χ0n) is 20.1. The van der Waals surface area contributed by atoms with Gasteiger partial charge < -0.3 is 14.4 Å². The summed E-state index contributed by atoms with van der Waals surface area (Å²) in [4.78, 5) is 15.8. The molecule has 0 N–H and O–H groups in total. The lowest BCUT2D eigenvalue weighted by Gasteiger charge is -2.36. The first-order chi connectivity index (χ1) is 16.3. The lowest BCUT2D eigenvalue weighted by atomic mass is 9.95. The SMILES string of the molecule is COc1ccc(S(=O)(=O)N2CCC(C(=O)N(Cc3ccccc3)C(C)C3CC3)CC2)cc1OC. The van der Waals surface area contributed by atoms with Gasteiger partial charge >= 0.3 is 0 Å². The summed E-state index contributed by atoms with van der Waals surface area (Å²) in [6.45, 7) is 3.39. The summed E-state index contributed by atoms with van der Waals surface area (Å²) in [5.41, 5.74) is 1.12. The first-order valence-electron chi connectivity index (χ1n) is 11.9. The Balaban J connectivity index is 1.45. The normalized spacial score (nSPS) is 18.3. The predicted octanol–water partition coefficient (Wildman–Crippen LogP) is 3.93. The summed E-state index contributed by atoms with van der Waals surface area (Å²) in [5, 5.41) is 0. The molecule has 0 aromatic heterocycles. The number of hydrogen-bond acceptors (Lipinski definition) is 5. The number of rotatable bonds is 9. The predicted molar refractivity (Wildman–Crippen MR) is 130 cm³/mol. The molecule has 184 valence electrons. The van der Waals surface area contributed by atoms with Crippen LogP contribution in [0.1, 0.15) is 38.2 Å². The standard InChI is InChI=1S/C26H34N2O5S/c1-19(21-9-10-21)28(18-20-7-5-4-6-8-20)26(29)22-13-15-27(16-14-22)34(30,31)23-11-12-24(32-2)25(17-23)33-3/h4-8,11-12,17,19,21-22H,9-10,13-16,18H2,1-3H3. The number of carbonyl (C=O) groups is 1. The molecule has 1 heterocycles. The van der Waals surface area contributed by atoms with Crippen LogP contribution in [0.25, 0.3) is 0 Å². The van der Waals surface area contributed by atoms with Gasteiger partial charge in [-0.3, -0.25) is 4.79 Å². The molecule has 1 unspecified atom stereocenters. The second-order valence-electron chi connectivity index (χ2n) is 9.22. The fraction of sp³-hybridized carbons (Fsp3) is 0.500. The van der Waals surface area contributed by atoms with Crippen LogP contribution in [0.5, 0.6) is 11.5 Å². The third-order valence-electron chi connectivity index (χ3n) is 7.07. The molecule has 0 spiro atoms. The van der Waals surface area contributed by atoms with Gasteiger partial charge in [-0.25, -0.2) is 8.42 Å². The van der Waals surface area contributed by atoms with Gasteiger partial charge in [-0.1, -0.05) is 30.3 Å². The summed E-state index contributed by atoms with van der Waals surface area (Å²) >= 11 is 0. The van der Waals surface area contributed by atoms with Crippen molar-refractivity contribution in [1.29, 1.82) is 0 Å². The fourth-order valence-corrected chi connectivity index (χ4v) is 6.23. The van der Waals surface area contributed by atoms with Crippen molar-refractivity contribution in [2.45, 2.75) is 50.1 Å². The van der Waals surface area contributed by atoms with E-state index in [0.717, 1.165) is 5.56 Å². The van der Waals surface area contributed by atoms with Crippen LogP contribution in [0.4, 0.5) is 0 Å². The van der Waals surface area contributed by atoms with E-state index in [-0.39, 0.29) is 22.8 Å². The molecule has 4 rings (SSSR count). The van der Waals surface area contributed by atoms with Gasteiger partial charge in [0, 0.05) is 37.7 Å². The van der Waals surface area contributed by atoms with Crippen LogP contribution < -0.4 is 9.47 Å². The number of methoxy groups -OCH3 is 2. The summed E-state index contributed by atoms with van der Waals surface area (Å²) in [7, 11) is -0.690. The number of piperidine rings is 1. The quantitative estimate of drug-likeness (QED) is 0.537. The van der Waals surface area contributed by atoms with E-state index in [9.17, 15) is 13.2 Å². The van der Waals surface area contributed by atoms with Crippen molar-refractivity contribution in [3.8, 4) is 11.5 Å². The highest BCUT2D eigenvalue weighted by Gasteiger charge is 2.39. The average molecular weight is 487 g/mol. The smallest absolute Gasteiger partial charge is 0.243 e. The Bertz CT molecular complexity index is 1090. The van der Waals surface area contributed by atoms with E-state index in [1.165, 1.54) is 43.5 Å². The molecule has 0 bridgehead atoms. The van der Waals surface area contributed by atoms with Crippen molar-refractivity contribution >= 4 is 15.9 Å². The lowest BCUT2D eigenvalue weighted by Crippen LogP contribution is -2.47. The largest absolute Gasteiger partial charge is 0.493 e. The van der Waals surface area contributed by atoms with Gasteiger partial charge in [-0.05, 0) is 56.2 Å². The molecule has 7 nitrogen and oxygen atoms in total. The molecule has 1 aliphatic carbocycles. The molecule has 1 saturated carbocycles. The topological polar surface area (TPSA) is 76.2 Å². The average Bonchev–Trinajstić information content (AvgIpc) is 3.72. The van der Waals surface area contributed by atoms with Crippen LogP contribution in [0.2, 0.25) is 0 Å². The van der Waals surface area contributed by atoms with Gasteiger partial charge in [0.15, 0.2) is 11.5 Å². The number of sulfonamides is 1. The number of amides is 1. The Morgan fingerprint density at radius 3 is 2.24 bits per heavy atom. The summed E-state index contributed by atoms with van der Waals surface area (Å²) < 4.78 is 38.5. The third-order valence-corrected chi connectivity index (χ3v) is 8.97. The molecule has 1 atom stereocenters. The first kappa shape index (κ1) is 24.5. The van der Waals surface area contributed by atoms with E-state index < -0.39 is 10.0 Å². The van der Waals surface area contributed by atoms with E-state index in [1.807, 2.05) is 23.1 Å². The zero-order valence-corrected chi connectivity index (χ0v) is 21.0. The molecule has 8 heteroatoms. The number of benzene rings is 2. The Hall–Kier alpha value is -2.58.